The van der Waals surface area contributed by atoms with Crippen molar-refractivity contribution in [2.75, 3.05) is 0 Å². The van der Waals surface area contributed by atoms with Crippen LogP contribution < -0.4 is 4.74 Å². The van der Waals surface area contributed by atoms with Gasteiger partial charge in [-0.3, -0.25) is 0 Å². The quantitative estimate of drug-likeness (QED) is 0.432. The van der Waals surface area contributed by atoms with Crippen molar-refractivity contribution < 1.29 is 22.3 Å². The Hall–Kier alpha value is -3.28. The van der Waals surface area contributed by atoms with E-state index < -0.39 is 11.7 Å². The van der Waals surface area contributed by atoms with Crippen LogP contribution in [0.2, 0.25) is 0 Å². The molecule has 1 heterocycles. The fourth-order valence-electron chi connectivity index (χ4n) is 2.65. The van der Waals surface area contributed by atoms with E-state index >= 15 is 0 Å². The van der Waals surface area contributed by atoms with E-state index in [0.717, 1.165) is 12.1 Å². The summed E-state index contributed by atoms with van der Waals surface area (Å²) < 4.78 is 50.2. The first kappa shape index (κ1) is 16.2. The van der Waals surface area contributed by atoms with Gasteiger partial charge in [0.2, 0.25) is 0 Å². The highest BCUT2D eigenvalue weighted by Gasteiger charge is 2.30. The summed E-state index contributed by atoms with van der Waals surface area (Å²) >= 11 is 0. The molecule has 26 heavy (non-hydrogen) atoms. The predicted octanol–water partition coefficient (Wildman–Crippen LogP) is 6.31. The molecule has 3 nitrogen and oxygen atoms in total. The van der Waals surface area contributed by atoms with Crippen molar-refractivity contribution in [1.82, 2.24) is 4.98 Å². The fraction of sp³-hybridized carbons (Fsp3) is 0.0500. The van der Waals surface area contributed by atoms with Gasteiger partial charge in [-0.05, 0) is 35.9 Å². The minimum Gasteiger partial charge on any atom is -0.410 e. The van der Waals surface area contributed by atoms with E-state index in [1.807, 2.05) is 12.1 Å². The normalized spacial score (nSPS) is 11.7. The molecule has 0 unspecified atom stereocenters. The molecule has 0 saturated heterocycles. The molecule has 0 aliphatic carbocycles. The molecule has 130 valence electrons. The molecule has 1 aromatic heterocycles. The molecule has 0 atom stereocenters. The number of ether oxygens (including phenoxy) is 1. The second-order valence-electron chi connectivity index (χ2n) is 5.62. The molecular formula is C20H12F3NO2. The van der Waals surface area contributed by atoms with Crippen LogP contribution in [0.3, 0.4) is 0 Å². The topological polar surface area (TPSA) is 35.3 Å². The predicted molar refractivity (Wildman–Crippen MR) is 91.0 cm³/mol. The third kappa shape index (κ3) is 3.13. The summed E-state index contributed by atoms with van der Waals surface area (Å²) in [6.07, 6.45) is -4.38. The summed E-state index contributed by atoms with van der Waals surface area (Å²) in [5.74, 6) is 0.360. The zero-order valence-electron chi connectivity index (χ0n) is 13.3. The van der Waals surface area contributed by atoms with Crippen molar-refractivity contribution in [2.24, 2.45) is 0 Å². The molecule has 0 fully saturated rings. The van der Waals surface area contributed by atoms with Gasteiger partial charge in [0, 0.05) is 5.56 Å². The molecule has 0 aliphatic heterocycles. The van der Waals surface area contributed by atoms with Crippen LogP contribution in [-0.2, 0) is 6.18 Å². The van der Waals surface area contributed by atoms with Gasteiger partial charge in [-0.1, -0.05) is 42.5 Å². The van der Waals surface area contributed by atoms with Crippen LogP contribution in [0.1, 0.15) is 5.56 Å². The molecule has 3 aromatic carbocycles. The summed E-state index contributed by atoms with van der Waals surface area (Å²) in [5.41, 5.74) is 1.40. The summed E-state index contributed by atoms with van der Waals surface area (Å²) in [5, 5.41) is 0. The molecule has 0 bridgehead atoms. The lowest BCUT2D eigenvalue weighted by molar-refractivity contribution is -0.137. The molecule has 0 amide bonds. The summed E-state index contributed by atoms with van der Waals surface area (Å²) in [6.45, 7) is 0. The number of alkyl halides is 3. The Bertz CT molecular complexity index is 1040. The van der Waals surface area contributed by atoms with Crippen LogP contribution in [-0.4, -0.2) is 4.98 Å². The molecule has 0 aliphatic rings. The number of fused-ring (bicyclic) bond motifs is 1. The highest BCUT2D eigenvalue weighted by molar-refractivity contribution is 5.74. The van der Waals surface area contributed by atoms with E-state index in [-0.39, 0.29) is 6.08 Å². The zero-order chi connectivity index (χ0) is 18.1. The van der Waals surface area contributed by atoms with Gasteiger partial charge in [-0.15, -0.1) is 0 Å². The lowest BCUT2D eigenvalue weighted by Gasteiger charge is -2.11. The second-order valence-corrected chi connectivity index (χ2v) is 5.62. The lowest BCUT2D eigenvalue weighted by Crippen LogP contribution is -2.04. The number of hydrogen-bond donors (Lipinski definition) is 0. The minimum absolute atomic E-state index is 0.0330. The number of para-hydroxylation sites is 3. The number of nitrogens with zero attached hydrogens (tertiary/aromatic N) is 1. The zero-order valence-corrected chi connectivity index (χ0v) is 13.3. The van der Waals surface area contributed by atoms with Crippen LogP contribution in [0, 0.1) is 0 Å². The van der Waals surface area contributed by atoms with Gasteiger partial charge in [0.15, 0.2) is 5.58 Å². The standard InChI is InChI=1S/C20H12F3NO2/c21-20(22,23)14-7-5-6-13(12-14)15-8-1-3-10-17(15)25-19-24-16-9-2-4-11-18(16)26-19/h1-12H. The van der Waals surface area contributed by atoms with Crippen molar-refractivity contribution in [3.8, 4) is 23.0 Å². The molecule has 4 rings (SSSR count). The van der Waals surface area contributed by atoms with Crippen LogP contribution in [0.25, 0.3) is 22.2 Å². The average molecular weight is 355 g/mol. The van der Waals surface area contributed by atoms with Crippen molar-refractivity contribution in [2.45, 2.75) is 6.18 Å². The first-order valence-corrected chi connectivity index (χ1v) is 7.81. The van der Waals surface area contributed by atoms with Crippen LogP contribution in [0.5, 0.6) is 11.8 Å². The number of aromatic nitrogens is 1. The Kier molecular flexibility index (Phi) is 3.88. The molecule has 0 radical (unpaired) electrons. The second kappa shape index (κ2) is 6.22. The first-order chi connectivity index (χ1) is 12.5. The number of oxazole rings is 1. The van der Waals surface area contributed by atoms with E-state index in [4.69, 9.17) is 9.15 Å². The smallest absolute Gasteiger partial charge is 0.410 e. The molecule has 6 heteroatoms. The SMILES string of the molecule is FC(F)(F)c1cccc(-c2ccccc2Oc2nc3ccccc3o2)c1. The molecule has 4 aromatic rings. The molecule has 0 N–H and O–H groups in total. The van der Waals surface area contributed by atoms with Crippen molar-refractivity contribution in [1.29, 1.82) is 0 Å². The van der Waals surface area contributed by atoms with Crippen molar-refractivity contribution in [3.63, 3.8) is 0 Å². The monoisotopic (exact) mass is 355 g/mol. The van der Waals surface area contributed by atoms with Gasteiger partial charge in [-0.25, -0.2) is 0 Å². The Morgan fingerprint density at radius 1 is 0.846 bits per heavy atom. The number of halogens is 3. The van der Waals surface area contributed by atoms with Crippen molar-refractivity contribution in [3.05, 3.63) is 78.4 Å². The average Bonchev–Trinajstić information content (AvgIpc) is 3.04. The highest BCUT2D eigenvalue weighted by Crippen LogP contribution is 2.37. The number of rotatable bonds is 3. The molecule has 0 spiro atoms. The lowest BCUT2D eigenvalue weighted by atomic mass is 10.0. The largest absolute Gasteiger partial charge is 0.416 e. The van der Waals surface area contributed by atoms with E-state index in [2.05, 4.69) is 4.98 Å². The van der Waals surface area contributed by atoms with Gasteiger partial charge < -0.3 is 9.15 Å². The number of benzene rings is 3. The Balaban J connectivity index is 1.73. The maximum atomic E-state index is 13.0. The third-order valence-electron chi connectivity index (χ3n) is 3.86. The summed E-state index contributed by atoms with van der Waals surface area (Å²) in [6, 6.07) is 19.1. The van der Waals surface area contributed by atoms with Gasteiger partial charge in [-0.2, -0.15) is 18.2 Å². The maximum Gasteiger partial charge on any atom is 0.416 e. The van der Waals surface area contributed by atoms with Gasteiger partial charge in [0.05, 0.1) is 5.56 Å². The van der Waals surface area contributed by atoms with E-state index in [1.54, 1.807) is 42.5 Å². The third-order valence-corrected chi connectivity index (χ3v) is 3.86. The Morgan fingerprint density at radius 3 is 2.42 bits per heavy atom. The van der Waals surface area contributed by atoms with E-state index in [0.29, 0.717) is 28.0 Å². The highest BCUT2D eigenvalue weighted by atomic mass is 19.4. The van der Waals surface area contributed by atoms with Gasteiger partial charge >= 0.3 is 12.3 Å². The first-order valence-electron chi connectivity index (χ1n) is 7.81. The Morgan fingerprint density at radius 2 is 1.62 bits per heavy atom. The minimum atomic E-state index is -4.41. The Labute approximate surface area is 146 Å². The van der Waals surface area contributed by atoms with Crippen LogP contribution in [0.4, 0.5) is 13.2 Å². The summed E-state index contributed by atoms with van der Waals surface area (Å²) in [4.78, 5) is 4.23. The van der Waals surface area contributed by atoms with Gasteiger partial charge in [0.1, 0.15) is 11.3 Å². The van der Waals surface area contributed by atoms with E-state index in [1.165, 1.54) is 6.07 Å². The fourth-order valence-corrected chi connectivity index (χ4v) is 2.65. The molecule has 0 saturated carbocycles. The van der Waals surface area contributed by atoms with E-state index in [9.17, 15) is 13.2 Å². The summed E-state index contributed by atoms with van der Waals surface area (Å²) in [7, 11) is 0. The van der Waals surface area contributed by atoms with Gasteiger partial charge in [0.25, 0.3) is 0 Å². The molecular weight excluding hydrogens is 343 g/mol. The van der Waals surface area contributed by atoms with Crippen LogP contribution in [0.15, 0.2) is 77.2 Å². The van der Waals surface area contributed by atoms with Crippen molar-refractivity contribution >= 4 is 11.1 Å². The number of hydrogen-bond acceptors (Lipinski definition) is 3. The maximum absolute atomic E-state index is 13.0. The van der Waals surface area contributed by atoms with Crippen LogP contribution >= 0.6 is 0 Å².